The quantitative estimate of drug-likeness (QED) is 0.735. The lowest BCUT2D eigenvalue weighted by Gasteiger charge is -2.11. The predicted molar refractivity (Wildman–Crippen MR) is 97.0 cm³/mol. The van der Waals surface area contributed by atoms with E-state index in [0.717, 1.165) is 11.1 Å². The second kappa shape index (κ2) is 7.45. The van der Waals surface area contributed by atoms with Crippen LogP contribution in [0.4, 0.5) is 5.69 Å². The minimum absolute atomic E-state index is 0.0705. The van der Waals surface area contributed by atoms with Gasteiger partial charge in [0.2, 0.25) is 0 Å². The molecule has 2 N–H and O–H groups in total. The fourth-order valence-corrected chi connectivity index (χ4v) is 2.61. The molecule has 0 saturated heterocycles. The first-order valence-electron chi connectivity index (χ1n) is 7.90. The number of hydrogen-bond donors (Lipinski definition) is 2. The minimum Gasteiger partial charge on any atom is -0.478 e. The maximum absolute atomic E-state index is 12.4. The van der Waals surface area contributed by atoms with Gasteiger partial charge in [0, 0.05) is 5.56 Å². The molecule has 0 bridgehead atoms. The monoisotopic (exact) mass is 331 g/mol. The lowest BCUT2D eigenvalue weighted by molar-refractivity contribution is 0.0698. The van der Waals surface area contributed by atoms with Crippen LogP contribution in [-0.4, -0.2) is 17.0 Å². The molecule has 3 rings (SSSR count). The molecule has 0 aliphatic heterocycles. The van der Waals surface area contributed by atoms with E-state index in [-0.39, 0.29) is 11.5 Å². The Morgan fingerprint density at radius 3 is 2.08 bits per heavy atom. The number of aromatic carboxylic acids is 1. The summed E-state index contributed by atoms with van der Waals surface area (Å²) in [5, 5.41) is 12.1. The number of rotatable bonds is 5. The van der Waals surface area contributed by atoms with Crippen LogP contribution in [0.2, 0.25) is 0 Å². The molecule has 0 saturated carbocycles. The van der Waals surface area contributed by atoms with Crippen LogP contribution in [-0.2, 0) is 6.42 Å². The van der Waals surface area contributed by atoms with Gasteiger partial charge >= 0.3 is 5.97 Å². The zero-order chi connectivity index (χ0) is 17.6. The van der Waals surface area contributed by atoms with Gasteiger partial charge in [0.05, 0.1) is 11.3 Å². The summed E-state index contributed by atoms with van der Waals surface area (Å²) in [6.45, 7) is 0. The van der Waals surface area contributed by atoms with E-state index >= 15 is 0 Å². The first-order valence-corrected chi connectivity index (χ1v) is 7.90. The normalized spacial score (nSPS) is 10.2. The zero-order valence-electron chi connectivity index (χ0n) is 13.5. The van der Waals surface area contributed by atoms with Gasteiger partial charge < -0.3 is 10.4 Å². The molecular formula is C21H17NO3. The van der Waals surface area contributed by atoms with Crippen molar-refractivity contribution in [2.75, 3.05) is 5.32 Å². The molecule has 0 aliphatic carbocycles. The molecule has 0 spiro atoms. The fraction of sp³-hybridized carbons (Fsp3) is 0.0476. The maximum atomic E-state index is 12.4. The van der Waals surface area contributed by atoms with Crippen molar-refractivity contribution in [2.24, 2.45) is 0 Å². The molecule has 0 aliphatic rings. The summed E-state index contributed by atoms with van der Waals surface area (Å²) in [5.41, 5.74) is 2.90. The Kier molecular flexibility index (Phi) is 4.90. The van der Waals surface area contributed by atoms with Crippen molar-refractivity contribution in [3.63, 3.8) is 0 Å². The van der Waals surface area contributed by atoms with E-state index in [1.165, 1.54) is 6.07 Å². The van der Waals surface area contributed by atoms with E-state index < -0.39 is 5.97 Å². The molecule has 1 amide bonds. The maximum Gasteiger partial charge on any atom is 0.337 e. The third kappa shape index (κ3) is 4.12. The second-order valence-electron chi connectivity index (χ2n) is 5.67. The fourth-order valence-electron chi connectivity index (χ4n) is 2.61. The Morgan fingerprint density at radius 2 is 1.44 bits per heavy atom. The summed E-state index contributed by atoms with van der Waals surface area (Å²) in [4.78, 5) is 23.8. The molecule has 25 heavy (non-hydrogen) atoms. The van der Waals surface area contributed by atoms with Gasteiger partial charge in [-0.2, -0.15) is 0 Å². The van der Waals surface area contributed by atoms with Gasteiger partial charge in [-0.25, -0.2) is 4.79 Å². The Balaban J connectivity index is 1.89. The molecule has 0 atom stereocenters. The molecule has 4 heteroatoms. The van der Waals surface area contributed by atoms with Gasteiger partial charge in [-0.3, -0.25) is 4.79 Å². The molecule has 3 aromatic carbocycles. The average Bonchev–Trinajstić information content (AvgIpc) is 2.63. The molecule has 124 valence electrons. The minimum atomic E-state index is -1.07. The number of benzene rings is 3. The first-order chi connectivity index (χ1) is 12.1. The van der Waals surface area contributed by atoms with E-state index in [1.807, 2.05) is 36.4 Å². The number of amides is 1. The van der Waals surface area contributed by atoms with Crippen molar-refractivity contribution < 1.29 is 14.7 Å². The number of carboxylic acid groups (broad SMARTS) is 1. The smallest absolute Gasteiger partial charge is 0.337 e. The van der Waals surface area contributed by atoms with Crippen LogP contribution in [0.1, 0.15) is 31.8 Å². The highest BCUT2D eigenvalue weighted by Gasteiger charge is 2.14. The summed E-state index contributed by atoms with van der Waals surface area (Å²) in [6, 6.07) is 23.6. The Morgan fingerprint density at radius 1 is 0.800 bits per heavy atom. The lowest BCUT2D eigenvalue weighted by Crippen LogP contribution is -2.15. The SMILES string of the molecule is O=C(Nc1cc(Cc2ccccc2)ccc1C(=O)O)c1ccccc1. The van der Waals surface area contributed by atoms with E-state index in [1.54, 1.807) is 36.4 Å². The Labute approximate surface area is 145 Å². The topological polar surface area (TPSA) is 66.4 Å². The van der Waals surface area contributed by atoms with Crippen molar-refractivity contribution in [3.8, 4) is 0 Å². The van der Waals surface area contributed by atoms with E-state index in [2.05, 4.69) is 5.32 Å². The molecule has 0 fully saturated rings. The van der Waals surface area contributed by atoms with Crippen LogP contribution < -0.4 is 5.32 Å². The van der Waals surface area contributed by atoms with Crippen LogP contribution >= 0.6 is 0 Å². The highest BCUT2D eigenvalue weighted by molar-refractivity contribution is 6.07. The van der Waals surface area contributed by atoms with Gasteiger partial charge in [0.15, 0.2) is 0 Å². The summed E-state index contributed by atoms with van der Waals surface area (Å²) in [6.07, 6.45) is 0.662. The summed E-state index contributed by atoms with van der Waals surface area (Å²) in [5.74, 6) is -1.41. The Bertz CT molecular complexity index is 890. The van der Waals surface area contributed by atoms with E-state index in [4.69, 9.17) is 0 Å². The molecule has 3 aromatic rings. The first kappa shape index (κ1) is 16.5. The van der Waals surface area contributed by atoms with Crippen LogP contribution in [0.3, 0.4) is 0 Å². The number of nitrogens with one attached hydrogen (secondary N) is 1. The lowest BCUT2D eigenvalue weighted by atomic mass is 10.0. The number of carbonyl (C=O) groups excluding carboxylic acids is 1. The number of anilines is 1. The van der Waals surface area contributed by atoms with Gasteiger partial charge in [-0.1, -0.05) is 54.6 Å². The van der Waals surface area contributed by atoms with Crippen LogP contribution in [0.15, 0.2) is 78.9 Å². The van der Waals surface area contributed by atoms with Crippen molar-refractivity contribution in [1.29, 1.82) is 0 Å². The van der Waals surface area contributed by atoms with E-state index in [0.29, 0.717) is 17.7 Å². The highest BCUT2D eigenvalue weighted by atomic mass is 16.4. The van der Waals surface area contributed by atoms with E-state index in [9.17, 15) is 14.7 Å². The molecule has 0 unspecified atom stereocenters. The largest absolute Gasteiger partial charge is 0.478 e. The summed E-state index contributed by atoms with van der Waals surface area (Å²) in [7, 11) is 0. The van der Waals surface area contributed by atoms with Gasteiger partial charge in [0.25, 0.3) is 5.91 Å². The molecular weight excluding hydrogens is 314 g/mol. The second-order valence-corrected chi connectivity index (χ2v) is 5.67. The van der Waals surface area contributed by atoms with Crippen molar-refractivity contribution >= 4 is 17.6 Å². The number of carbonyl (C=O) groups is 2. The standard InChI is InChI=1S/C21H17NO3/c23-20(17-9-5-2-6-10-17)22-19-14-16(11-12-18(19)21(24)25)13-15-7-3-1-4-8-15/h1-12,14H,13H2,(H,22,23)(H,24,25). The van der Waals surface area contributed by atoms with Gasteiger partial charge in [0.1, 0.15) is 0 Å². The van der Waals surface area contributed by atoms with Crippen LogP contribution in [0, 0.1) is 0 Å². The van der Waals surface area contributed by atoms with Gasteiger partial charge in [-0.15, -0.1) is 0 Å². The third-order valence-corrected chi connectivity index (χ3v) is 3.85. The molecule has 0 heterocycles. The highest BCUT2D eigenvalue weighted by Crippen LogP contribution is 2.21. The third-order valence-electron chi connectivity index (χ3n) is 3.85. The molecule has 4 nitrogen and oxygen atoms in total. The molecule has 0 radical (unpaired) electrons. The van der Waals surface area contributed by atoms with Crippen LogP contribution in [0.5, 0.6) is 0 Å². The number of carboxylic acids is 1. The number of hydrogen-bond acceptors (Lipinski definition) is 2. The van der Waals surface area contributed by atoms with Crippen LogP contribution in [0.25, 0.3) is 0 Å². The van der Waals surface area contributed by atoms with Crippen molar-refractivity contribution in [2.45, 2.75) is 6.42 Å². The predicted octanol–water partition coefficient (Wildman–Crippen LogP) is 4.23. The Hall–Kier alpha value is -3.40. The van der Waals surface area contributed by atoms with Gasteiger partial charge in [-0.05, 0) is 41.8 Å². The van der Waals surface area contributed by atoms with Crippen molar-refractivity contribution in [1.82, 2.24) is 0 Å². The van der Waals surface area contributed by atoms with Crippen molar-refractivity contribution in [3.05, 3.63) is 101 Å². The summed E-state index contributed by atoms with van der Waals surface area (Å²) >= 11 is 0. The zero-order valence-corrected chi connectivity index (χ0v) is 13.5. The summed E-state index contributed by atoms with van der Waals surface area (Å²) < 4.78 is 0. The molecule has 0 aromatic heterocycles. The average molecular weight is 331 g/mol.